The van der Waals surface area contributed by atoms with Crippen LogP contribution in [0.4, 0.5) is 0 Å². The minimum atomic E-state index is -1.12. The van der Waals surface area contributed by atoms with E-state index in [1.54, 1.807) is 0 Å². The minimum Gasteiger partial charge on any atom is -0.465 e. The SMILES string of the molecule is CCCCCCCCCCCCCCCCCCCCCCC/C=C/CCCCCCCCCCCCCCCCCCCCCCCCCCCCCCCCC1CC(=O)OCC(CO)(CO)COC1=O. The predicted molar refractivity (Wildman–Crippen MR) is 311 cm³/mol. The maximum absolute atomic E-state index is 12.5. The molecule has 1 atom stereocenters. The molecule has 0 bridgehead atoms. The zero-order valence-corrected chi connectivity index (χ0v) is 48.5. The van der Waals surface area contributed by atoms with Crippen molar-refractivity contribution in [3.8, 4) is 0 Å². The molecule has 0 radical (unpaired) electrons. The van der Waals surface area contributed by atoms with Gasteiger partial charge in [0.15, 0.2) is 0 Å². The Labute approximate surface area is 449 Å². The van der Waals surface area contributed by atoms with E-state index in [0.29, 0.717) is 6.42 Å². The highest BCUT2D eigenvalue weighted by Crippen LogP contribution is 2.25. The second-order valence-corrected chi connectivity index (χ2v) is 23.5. The van der Waals surface area contributed by atoms with Gasteiger partial charge >= 0.3 is 11.9 Å². The molecule has 6 heteroatoms. The van der Waals surface area contributed by atoms with E-state index in [0.717, 1.165) is 19.3 Å². The summed E-state index contributed by atoms with van der Waals surface area (Å²) < 4.78 is 10.6. The summed E-state index contributed by atoms with van der Waals surface area (Å²) in [5.41, 5.74) is -1.12. The normalized spacial score (nSPS) is 15.2. The molecule has 1 saturated heterocycles. The van der Waals surface area contributed by atoms with Crippen molar-refractivity contribution < 1.29 is 29.3 Å². The van der Waals surface area contributed by atoms with Crippen molar-refractivity contribution in [1.29, 1.82) is 0 Å². The maximum atomic E-state index is 12.5. The summed E-state index contributed by atoms with van der Waals surface area (Å²) in [5.74, 6) is -1.40. The summed E-state index contributed by atoms with van der Waals surface area (Å²) in [6.07, 6.45) is 80.1. The third-order valence-electron chi connectivity index (χ3n) is 16.3. The van der Waals surface area contributed by atoms with Crippen LogP contribution in [0.3, 0.4) is 0 Å². The Morgan fingerprint density at radius 3 is 0.861 bits per heavy atom. The Morgan fingerprint density at radius 2 is 0.597 bits per heavy atom. The standard InChI is InChI=1S/C66H126O6/c1-2-3-4-5-6-7-8-9-10-11-12-13-14-15-16-17-18-19-20-21-22-23-24-25-26-27-28-29-30-31-32-33-34-35-36-37-38-39-40-41-42-43-44-45-46-47-48-49-50-51-52-53-54-55-56-57-63-58-64(69)71-61-66(59-67,60-68)62-72-65(63)70/h24-25,63,67-68H,2-23,26-62H2,1H3/b25-24+. The molecule has 0 aliphatic carbocycles. The molecular formula is C66H126O6. The van der Waals surface area contributed by atoms with E-state index in [1.807, 2.05) is 0 Å². The molecule has 0 amide bonds. The lowest BCUT2D eigenvalue weighted by atomic mass is 9.92. The quantitative estimate of drug-likeness (QED) is 0.0358. The van der Waals surface area contributed by atoms with E-state index in [2.05, 4.69) is 19.1 Å². The third-order valence-corrected chi connectivity index (χ3v) is 16.3. The maximum Gasteiger partial charge on any atom is 0.309 e. The van der Waals surface area contributed by atoms with Crippen LogP contribution in [0.5, 0.6) is 0 Å². The summed E-state index contributed by atoms with van der Waals surface area (Å²) in [6.45, 7) is 1.21. The Balaban J connectivity index is 1.68. The molecule has 1 aliphatic rings. The molecule has 1 rings (SSSR count). The van der Waals surface area contributed by atoms with Crippen LogP contribution < -0.4 is 0 Å². The molecule has 0 aromatic rings. The number of cyclic esters (lactones) is 2. The van der Waals surface area contributed by atoms with Gasteiger partial charge in [-0.15, -0.1) is 0 Å². The second kappa shape index (κ2) is 55.8. The number of rotatable bonds is 57. The summed E-state index contributed by atoms with van der Waals surface area (Å²) in [7, 11) is 0. The highest BCUT2D eigenvalue weighted by Gasteiger charge is 2.36. The van der Waals surface area contributed by atoms with Crippen LogP contribution in [0.1, 0.15) is 360 Å². The molecule has 0 saturated carbocycles. The van der Waals surface area contributed by atoms with Crippen LogP contribution in [0.2, 0.25) is 0 Å². The Kier molecular flexibility index (Phi) is 53.2. The number of carbonyl (C=O) groups is 2. The van der Waals surface area contributed by atoms with Crippen LogP contribution >= 0.6 is 0 Å². The van der Waals surface area contributed by atoms with Gasteiger partial charge in [0.2, 0.25) is 0 Å². The smallest absolute Gasteiger partial charge is 0.309 e. The number of hydrogen-bond acceptors (Lipinski definition) is 6. The van der Waals surface area contributed by atoms with Crippen molar-refractivity contribution in [3.63, 3.8) is 0 Å². The summed E-state index contributed by atoms with van der Waals surface area (Å²) in [6, 6.07) is 0. The van der Waals surface area contributed by atoms with Crippen LogP contribution in [0, 0.1) is 11.3 Å². The molecule has 426 valence electrons. The first-order chi connectivity index (χ1) is 35.6. The van der Waals surface area contributed by atoms with E-state index < -0.39 is 36.5 Å². The van der Waals surface area contributed by atoms with Crippen LogP contribution in [0.25, 0.3) is 0 Å². The summed E-state index contributed by atoms with van der Waals surface area (Å²) in [5, 5.41) is 19.2. The summed E-state index contributed by atoms with van der Waals surface area (Å²) >= 11 is 0. The molecule has 0 aromatic carbocycles. The van der Waals surface area contributed by atoms with E-state index in [9.17, 15) is 19.8 Å². The number of aliphatic hydroxyl groups is 2. The predicted octanol–water partition coefficient (Wildman–Crippen LogP) is 20.7. The lowest BCUT2D eigenvalue weighted by Gasteiger charge is -2.27. The first-order valence-corrected chi connectivity index (χ1v) is 32.8. The first kappa shape index (κ1) is 68.6. The van der Waals surface area contributed by atoms with Crippen LogP contribution in [-0.4, -0.2) is 48.6 Å². The molecule has 0 spiro atoms. The van der Waals surface area contributed by atoms with Gasteiger partial charge in [-0.2, -0.15) is 0 Å². The molecule has 6 nitrogen and oxygen atoms in total. The molecular weight excluding hydrogens is 889 g/mol. The van der Waals surface area contributed by atoms with Gasteiger partial charge in [-0.3, -0.25) is 9.59 Å². The largest absolute Gasteiger partial charge is 0.465 e. The average Bonchev–Trinajstić information content (AvgIpc) is 3.45. The average molecular weight is 1020 g/mol. The number of aliphatic hydroxyl groups excluding tert-OH is 2. The van der Waals surface area contributed by atoms with Gasteiger partial charge in [0, 0.05) is 0 Å². The molecule has 2 N–H and O–H groups in total. The van der Waals surface area contributed by atoms with Gasteiger partial charge in [0.1, 0.15) is 13.2 Å². The van der Waals surface area contributed by atoms with Gasteiger partial charge in [0.05, 0.1) is 31.0 Å². The molecule has 1 unspecified atom stereocenters. The van der Waals surface area contributed by atoms with Crippen molar-refractivity contribution in [3.05, 3.63) is 12.2 Å². The highest BCUT2D eigenvalue weighted by atomic mass is 16.6. The molecule has 1 aliphatic heterocycles. The lowest BCUT2D eigenvalue weighted by Crippen LogP contribution is -2.40. The van der Waals surface area contributed by atoms with Gasteiger partial charge in [-0.1, -0.05) is 334 Å². The first-order valence-electron chi connectivity index (χ1n) is 32.8. The fraction of sp³-hybridized carbons (Fsp3) is 0.939. The van der Waals surface area contributed by atoms with Crippen molar-refractivity contribution in [1.82, 2.24) is 0 Å². The van der Waals surface area contributed by atoms with E-state index >= 15 is 0 Å². The van der Waals surface area contributed by atoms with Crippen molar-refractivity contribution in [2.75, 3.05) is 26.4 Å². The molecule has 1 heterocycles. The number of esters is 2. The topological polar surface area (TPSA) is 93.1 Å². The van der Waals surface area contributed by atoms with Crippen molar-refractivity contribution in [2.24, 2.45) is 11.3 Å². The van der Waals surface area contributed by atoms with Gasteiger partial charge in [0.25, 0.3) is 0 Å². The minimum absolute atomic E-state index is 0.00479. The molecule has 0 aromatic heterocycles. The van der Waals surface area contributed by atoms with Gasteiger partial charge in [-0.25, -0.2) is 0 Å². The number of carbonyl (C=O) groups excluding carboxylic acids is 2. The lowest BCUT2D eigenvalue weighted by molar-refractivity contribution is -0.155. The second-order valence-electron chi connectivity index (χ2n) is 23.5. The van der Waals surface area contributed by atoms with Crippen molar-refractivity contribution >= 4 is 11.9 Å². The zero-order valence-electron chi connectivity index (χ0n) is 48.5. The van der Waals surface area contributed by atoms with Crippen LogP contribution in [-0.2, 0) is 19.1 Å². The van der Waals surface area contributed by atoms with Crippen LogP contribution in [0.15, 0.2) is 12.2 Å². The summed E-state index contributed by atoms with van der Waals surface area (Å²) in [4.78, 5) is 24.7. The Morgan fingerprint density at radius 1 is 0.361 bits per heavy atom. The van der Waals surface area contributed by atoms with E-state index in [1.165, 1.54) is 321 Å². The monoisotopic (exact) mass is 1010 g/mol. The number of allylic oxidation sites excluding steroid dienone is 2. The zero-order chi connectivity index (χ0) is 51.8. The fourth-order valence-corrected chi connectivity index (χ4v) is 10.9. The van der Waals surface area contributed by atoms with Gasteiger partial charge < -0.3 is 19.7 Å². The molecule has 1 fully saturated rings. The van der Waals surface area contributed by atoms with Gasteiger partial charge in [-0.05, 0) is 32.1 Å². The van der Waals surface area contributed by atoms with E-state index in [4.69, 9.17) is 9.47 Å². The third kappa shape index (κ3) is 47.1. The highest BCUT2D eigenvalue weighted by molar-refractivity contribution is 5.80. The Hall–Kier alpha value is -1.40. The molecule has 72 heavy (non-hydrogen) atoms. The Bertz CT molecular complexity index is 1130. The number of hydrogen-bond donors (Lipinski definition) is 2. The van der Waals surface area contributed by atoms with E-state index in [-0.39, 0.29) is 19.6 Å². The van der Waals surface area contributed by atoms with Crippen molar-refractivity contribution in [2.45, 2.75) is 360 Å². The fourth-order valence-electron chi connectivity index (χ4n) is 10.9. The number of unbranched alkanes of at least 4 members (excludes halogenated alkanes) is 51. The number of ether oxygens (including phenoxy) is 2.